The molecule has 1 aromatic rings. The fourth-order valence-electron chi connectivity index (χ4n) is 2.99. The normalized spacial score (nSPS) is 19.6. The van der Waals surface area contributed by atoms with Crippen molar-refractivity contribution in [2.75, 3.05) is 6.54 Å². The summed E-state index contributed by atoms with van der Waals surface area (Å²) >= 11 is 0. The van der Waals surface area contributed by atoms with Gasteiger partial charge in [-0.05, 0) is 50.7 Å². The van der Waals surface area contributed by atoms with E-state index >= 15 is 0 Å². The molecule has 7 nitrogen and oxygen atoms in total. The van der Waals surface area contributed by atoms with Gasteiger partial charge >= 0.3 is 6.09 Å². The molecule has 1 fully saturated rings. The number of nitrogens with two attached hydrogens (primary N) is 1. The number of likely N-dealkylation sites (tertiary alicyclic amines) is 1. The Hall–Kier alpha value is -2.11. The van der Waals surface area contributed by atoms with Crippen molar-refractivity contribution in [2.24, 2.45) is 11.1 Å². The predicted octanol–water partition coefficient (Wildman–Crippen LogP) is 1.64. The van der Waals surface area contributed by atoms with E-state index in [2.05, 4.69) is 16.8 Å². The number of primary sulfonamides is 1. The highest BCUT2D eigenvalue weighted by atomic mass is 32.2. The number of carbonyl (C=O) groups is 1. The van der Waals surface area contributed by atoms with Crippen LogP contribution in [0, 0.1) is 17.8 Å². The number of sulfonamides is 1. The van der Waals surface area contributed by atoms with Crippen LogP contribution in [0.5, 0.6) is 0 Å². The van der Waals surface area contributed by atoms with Gasteiger partial charge in [0.1, 0.15) is 5.69 Å². The zero-order valence-corrected chi connectivity index (χ0v) is 14.5. The van der Waals surface area contributed by atoms with Crippen molar-refractivity contribution in [3.63, 3.8) is 0 Å². The zero-order valence-electron chi connectivity index (χ0n) is 13.7. The van der Waals surface area contributed by atoms with E-state index in [1.54, 1.807) is 12.1 Å². The molecule has 0 saturated carbocycles. The molecule has 1 aliphatic rings. The number of amides is 1. The van der Waals surface area contributed by atoms with Crippen LogP contribution in [0.2, 0.25) is 0 Å². The molecule has 0 radical (unpaired) electrons. The Balaban J connectivity index is 1.95. The van der Waals surface area contributed by atoms with E-state index in [-0.39, 0.29) is 16.5 Å². The van der Waals surface area contributed by atoms with Crippen molar-refractivity contribution in [3.05, 3.63) is 23.9 Å². The van der Waals surface area contributed by atoms with Gasteiger partial charge in [-0.15, -0.1) is 0 Å². The number of pyridine rings is 1. The maximum atomic E-state index is 11.3. The molecule has 1 unspecified atom stereocenters. The lowest BCUT2D eigenvalue weighted by Crippen LogP contribution is -2.41. The highest BCUT2D eigenvalue weighted by Crippen LogP contribution is 2.34. The SMILES string of the molecule is CC1(C)CC(CCC#Cc2cccc(S(N)(=O)=O)n2)CN1C(=O)O. The highest BCUT2D eigenvalue weighted by molar-refractivity contribution is 7.89. The molecule has 3 N–H and O–H groups in total. The molecule has 2 heterocycles. The second-order valence-electron chi connectivity index (χ2n) is 6.52. The van der Waals surface area contributed by atoms with Gasteiger partial charge in [-0.25, -0.2) is 23.3 Å². The van der Waals surface area contributed by atoms with E-state index in [1.807, 2.05) is 13.8 Å². The maximum Gasteiger partial charge on any atom is 0.407 e. The van der Waals surface area contributed by atoms with Gasteiger partial charge in [-0.2, -0.15) is 0 Å². The molecular formula is C16H21N3O4S. The number of carboxylic acid groups (broad SMARTS) is 1. The van der Waals surface area contributed by atoms with Crippen molar-refractivity contribution >= 4 is 16.1 Å². The van der Waals surface area contributed by atoms with E-state index < -0.39 is 16.1 Å². The fourth-order valence-corrected chi connectivity index (χ4v) is 3.48. The number of aromatic nitrogens is 1. The monoisotopic (exact) mass is 351 g/mol. The maximum absolute atomic E-state index is 11.3. The Morgan fingerprint density at radius 3 is 2.79 bits per heavy atom. The average Bonchev–Trinajstić information content (AvgIpc) is 2.78. The van der Waals surface area contributed by atoms with Crippen LogP contribution in [0.25, 0.3) is 0 Å². The molecule has 0 bridgehead atoms. The molecule has 1 aromatic heterocycles. The first-order chi connectivity index (χ1) is 11.1. The number of rotatable bonds is 3. The Morgan fingerprint density at radius 2 is 2.21 bits per heavy atom. The van der Waals surface area contributed by atoms with Crippen molar-refractivity contribution in [1.82, 2.24) is 9.88 Å². The van der Waals surface area contributed by atoms with Gasteiger partial charge in [0.05, 0.1) is 0 Å². The van der Waals surface area contributed by atoms with Crippen LogP contribution in [0.3, 0.4) is 0 Å². The Kier molecular flexibility index (Phi) is 5.16. The summed E-state index contributed by atoms with van der Waals surface area (Å²) in [6.07, 6.45) is 1.29. The molecule has 130 valence electrons. The Bertz CT molecular complexity index is 793. The molecule has 0 aliphatic carbocycles. The molecule has 2 rings (SSSR count). The van der Waals surface area contributed by atoms with Crippen LogP contribution in [-0.4, -0.2) is 41.6 Å². The first-order valence-electron chi connectivity index (χ1n) is 7.59. The lowest BCUT2D eigenvalue weighted by molar-refractivity contribution is 0.117. The third-order valence-electron chi connectivity index (χ3n) is 4.10. The third kappa shape index (κ3) is 4.46. The first kappa shape index (κ1) is 18.2. The van der Waals surface area contributed by atoms with Gasteiger partial charge in [0, 0.05) is 18.5 Å². The summed E-state index contributed by atoms with van der Waals surface area (Å²) in [6.45, 7) is 4.37. The van der Waals surface area contributed by atoms with E-state index in [0.29, 0.717) is 18.7 Å². The summed E-state index contributed by atoms with van der Waals surface area (Å²) in [7, 11) is -3.84. The van der Waals surface area contributed by atoms with Crippen LogP contribution in [-0.2, 0) is 10.0 Å². The van der Waals surface area contributed by atoms with E-state index in [1.165, 1.54) is 11.0 Å². The summed E-state index contributed by atoms with van der Waals surface area (Å²) in [5.41, 5.74) is -0.00425. The van der Waals surface area contributed by atoms with Gasteiger partial charge in [0.15, 0.2) is 5.03 Å². The summed E-state index contributed by atoms with van der Waals surface area (Å²) in [4.78, 5) is 16.6. The van der Waals surface area contributed by atoms with E-state index in [4.69, 9.17) is 5.14 Å². The van der Waals surface area contributed by atoms with Crippen LogP contribution >= 0.6 is 0 Å². The predicted molar refractivity (Wildman–Crippen MR) is 88.6 cm³/mol. The Labute approximate surface area is 141 Å². The summed E-state index contributed by atoms with van der Waals surface area (Å²) in [6, 6.07) is 4.48. The largest absolute Gasteiger partial charge is 0.465 e. The average molecular weight is 351 g/mol. The molecule has 1 aliphatic heterocycles. The minimum atomic E-state index is -3.84. The minimum Gasteiger partial charge on any atom is -0.465 e. The van der Waals surface area contributed by atoms with Crippen LogP contribution < -0.4 is 5.14 Å². The lowest BCUT2D eigenvalue weighted by Gasteiger charge is -2.28. The topological polar surface area (TPSA) is 114 Å². The van der Waals surface area contributed by atoms with Crippen molar-refractivity contribution in [2.45, 2.75) is 43.7 Å². The van der Waals surface area contributed by atoms with Gasteiger partial charge in [-0.1, -0.05) is 12.0 Å². The van der Waals surface area contributed by atoms with Crippen LogP contribution in [0.15, 0.2) is 23.2 Å². The van der Waals surface area contributed by atoms with Gasteiger partial charge < -0.3 is 10.0 Å². The number of hydrogen-bond acceptors (Lipinski definition) is 4. The summed E-state index contributed by atoms with van der Waals surface area (Å²) in [5.74, 6) is 6.06. The molecule has 24 heavy (non-hydrogen) atoms. The quantitative estimate of drug-likeness (QED) is 0.804. The number of nitrogens with zero attached hydrogens (tertiary/aromatic N) is 2. The van der Waals surface area contributed by atoms with E-state index in [9.17, 15) is 18.3 Å². The molecule has 1 saturated heterocycles. The van der Waals surface area contributed by atoms with Crippen molar-refractivity contribution in [3.8, 4) is 11.8 Å². The van der Waals surface area contributed by atoms with Crippen LogP contribution in [0.4, 0.5) is 4.79 Å². The first-order valence-corrected chi connectivity index (χ1v) is 9.13. The molecule has 0 aromatic carbocycles. The van der Waals surface area contributed by atoms with Crippen LogP contribution in [0.1, 0.15) is 38.8 Å². The molecular weight excluding hydrogens is 330 g/mol. The molecule has 0 spiro atoms. The van der Waals surface area contributed by atoms with Gasteiger partial charge in [-0.3, -0.25) is 0 Å². The summed E-state index contributed by atoms with van der Waals surface area (Å²) < 4.78 is 22.5. The highest BCUT2D eigenvalue weighted by Gasteiger charge is 2.40. The summed E-state index contributed by atoms with van der Waals surface area (Å²) in [5, 5.41) is 14.0. The minimum absolute atomic E-state index is 0.205. The second kappa shape index (κ2) is 6.79. The second-order valence-corrected chi connectivity index (χ2v) is 8.03. The standard InChI is InChI=1S/C16H21N3O4S/c1-16(2)10-12(11-19(16)15(20)21)6-3-4-7-13-8-5-9-14(18-13)24(17,22)23/h5,8-9,12H,3,6,10-11H2,1-2H3,(H,20,21)(H2,17,22,23). The third-order valence-corrected chi connectivity index (χ3v) is 4.91. The smallest absolute Gasteiger partial charge is 0.407 e. The van der Waals surface area contributed by atoms with Crippen molar-refractivity contribution in [1.29, 1.82) is 0 Å². The fraction of sp³-hybridized carbons (Fsp3) is 0.500. The van der Waals surface area contributed by atoms with Crippen molar-refractivity contribution < 1.29 is 18.3 Å². The number of hydrogen-bond donors (Lipinski definition) is 2. The van der Waals surface area contributed by atoms with Gasteiger partial charge in [0.2, 0.25) is 0 Å². The Morgan fingerprint density at radius 1 is 1.50 bits per heavy atom. The molecule has 1 amide bonds. The van der Waals surface area contributed by atoms with E-state index in [0.717, 1.165) is 12.8 Å². The molecule has 8 heteroatoms. The van der Waals surface area contributed by atoms with Gasteiger partial charge in [0.25, 0.3) is 10.0 Å². The zero-order chi connectivity index (χ0) is 18.0. The lowest BCUT2D eigenvalue weighted by atomic mass is 9.93. The molecule has 1 atom stereocenters.